The van der Waals surface area contributed by atoms with Crippen molar-refractivity contribution in [3.05, 3.63) is 87.9 Å². The van der Waals surface area contributed by atoms with E-state index in [-0.39, 0.29) is 18.1 Å². The molecule has 0 radical (unpaired) electrons. The Hall–Kier alpha value is -3.51. The molecule has 3 rings (SSSR count). The van der Waals surface area contributed by atoms with Crippen molar-refractivity contribution in [2.24, 2.45) is 0 Å². The SMILES string of the molecule is Cc1ccc(NC(=O)COc2ccc(Cl)cc2CNc2cc(C(=O)O)ccc2C)cc1. The lowest BCUT2D eigenvalue weighted by Crippen LogP contribution is -2.20. The number of ether oxygens (including phenoxy) is 1. The first-order chi connectivity index (χ1) is 14.8. The van der Waals surface area contributed by atoms with E-state index < -0.39 is 5.97 Å². The smallest absolute Gasteiger partial charge is 0.335 e. The molecule has 3 aromatic rings. The number of hydrogen-bond acceptors (Lipinski definition) is 4. The fourth-order valence-electron chi connectivity index (χ4n) is 2.94. The van der Waals surface area contributed by atoms with Gasteiger partial charge in [0.05, 0.1) is 5.56 Å². The highest BCUT2D eigenvalue weighted by atomic mass is 35.5. The van der Waals surface area contributed by atoms with E-state index in [0.29, 0.717) is 28.7 Å². The first-order valence-corrected chi connectivity index (χ1v) is 10.0. The normalized spacial score (nSPS) is 10.4. The van der Waals surface area contributed by atoms with Crippen LogP contribution < -0.4 is 15.4 Å². The summed E-state index contributed by atoms with van der Waals surface area (Å²) < 4.78 is 5.73. The minimum atomic E-state index is -0.991. The maximum Gasteiger partial charge on any atom is 0.335 e. The summed E-state index contributed by atoms with van der Waals surface area (Å²) in [6.07, 6.45) is 0. The summed E-state index contributed by atoms with van der Waals surface area (Å²) in [5.41, 5.74) is 4.36. The Bertz CT molecular complexity index is 1100. The van der Waals surface area contributed by atoms with Crippen molar-refractivity contribution in [2.75, 3.05) is 17.2 Å². The van der Waals surface area contributed by atoms with Crippen molar-refractivity contribution < 1.29 is 19.4 Å². The Morgan fingerprint density at radius 1 is 1.00 bits per heavy atom. The number of carbonyl (C=O) groups is 2. The van der Waals surface area contributed by atoms with Gasteiger partial charge in [-0.1, -0.05) is 35.4 Å². The lowest BCUT2D eigenvalue weighted by atomic mass is 10.1. The molecular formula is C24H23ClN2O4. The molecule has 0 unspecified atom stereocenters. The van der Waals surface area contributed by atoms with Crippen molar-refractivity contribution in [1.29, 1.82) is 0 Å². The van der Waals surface area contributed by atoms with E-state index in [9.17, 15) is 14.7 Å². The van der Waals surface area contributed by atoms with Gasteiger partial charge < -0.3 is 20.5 Å². The molecule has 0 saturated heterocycles. The zero-order valence-electron chi connectivity index (χ0n) is 17.2. The number of carbonyl (C=O) groups excluding carboxylic acids is 1. The minimum absolute atomic E-state index is 0.157. The largest absolute Gasteiger partial charge is 0.483 e. The second-order valence-corrected chi connectivity index (χ2v) is 7.58. The predicted octanol–water partition coefficient (Wildman–Crippen LogP) is 5.28. The van der Waals surface area contributed by atoms with Crippen molar-refractivity contribution in [3.8, 4) is 5.75 Å². The van der Waals surface area contributed by atoms with Crippen molar-refractivity contribution in [3.63, 3.8) is 0 Å². The first kappa shape index (κ1) is 22.2. The predicted molar refractivity (Wildman–Crippen MR) is 122 cm³/mol. The monoisotopic (exact) mass is 438 g/mol. The summed E-state index contributed by atoms with van der Waals surface area (Å²) in [5, 5.41) is 15.7. The van der Waals surface area contributed by atoms with E-state index in [1.54, 1.807) is 36.4 Å². The summed E-state index contributed by atoms with van der Waals surface area (Å²) in [6.45, 7) is 4.05. The number of carboxylic acid groups (broad SMARTS) is 1. The number of rotatable bonds is 8. The number of anilines is 2. The van der Waals surface area contributed by atoms with Crippen LogP contribution in [0.15, 0.2) is 60.7 Å². The quantitative estimate of drug-likeness (QED) is 0.445. The van der Waals surface area contributed by atoms with Gasteiger partial charge in [-0.3, -0.25) is 4.79 Å². The van der Waals surface area contributed by atoms with Gasteiger partial charge in [0.15, 0.2) is 6.61 Å². The summed E-state index contributed by atoms with van der Waals surface area (Å²) in [4.78, 5) is 23.5. The van der Waals surface area contributed by atoms with Crippen LogP contribution in [0, 0.1) is 13.8 Å². The third kappa shape index (κ3) is 6.23. The number of aryl methyl sites for hydroxylation is 2. The lowest BCUT2D eigenvalue weighted by Gasteiger charge is -2.15. The Morgan fingerprint density at radius 2 is 1.74 bits per heavy atom. The molecule has 0 atom stereocenters. The summed E-state index contributed by atoms with van der Waals surface area (Å²) in [6, 6.07) is 17.5. The van der Waals surface area contributed by atoms with Gasteiger partial charge >= 0.3 is 5.97 Å². The van der Waals surface area contributed by atoms with E-state index in [4.69, 9.17) is 16.3 Å². The maximum atomic E-state index is 12.2. The van der Waals surface area contributed by atoms with Gasteiger partial charge in [0.1, 0.15) is 5.75 Å². The zero-order valence-corrected chi connectivity index (χ0v) is 18.0. The Labute approximate surface area is 185 Å². The zero-order chi connectivity index (χ0) is 22.4. The van der Waals surface area contributed by atoms with Crippen LogP contribution in [0.1, 0.15) is 27.0 Å². The Kier molecular flexibility index (Phi) is 7.15. The second-order valence-electron chi connectivity index (χ2n) is 7.14. The van der Waals surface area contributed by atoms with Crippen LogP contribution in [0.4, 0.5) is 11.4 Å². The maximum absolute atomic E-state index is 12.2. The number of halogens is 1. The Morgan fingerprint density at radius 3 is 2.45 bits per heavy atom. The molecule has 160 valence electrons. The fourth-order valence-corrected chi connectivity index (χ4v) is 3.13. The highest BCUT2D eigenvalue weighted by molar-refractivity contribution is 6.30. The summed E-state index contributed by atoms with van der Waals surface area (Å²) >= 11 is 6.14. The number of amides is 1. The van der Waals surface area contributed by atoms with Crippen LogP contribution in [0.25, 0.3) is 0 Å². The molecule has 1 amide bonds. The third-order valence-electron chi connectivity index (χ3n) is 4.67. The molecule has 0 spiro atoms. The van der Waals surface area contributed by atoms with Crippen LogP contribution in [-0.4, -0.2) is 23.6 Å². The number of aromatic carboxylic acids is 1. The molecular weight excluding hydrogens is 416 g/mol. The van der Waals surface area contributed by atoms with Crippen LogP contribution in [0.5, 0.6) is 5.75 Å². The molecule has 6 nitrogen and oxygen atoms in total. The van der Waals surface area contributed by atoms with Gasteiger partial charge in [0.25, 0.3) is 5.91 Å². The molecule has 0 aliphatic heterocycles. The highest BCUT2D eigenvalue weighted by Gasteiger charge is 2.11. The molecule has 31 heavy (non-hydrogen) atoms. The molecule has 7 heteroatoms. The standard InChI is InChI=1S/C24H23ClN2O4/c1-15-3-8-20(9-4-15)27-23(28)14-31-22-10-7-19(25)11-18(22)13-26-21-12-17(24(29)30)6-5-16(21)2/h3-12,26H,13-14H2,1-2H3,(H,27,28)(H,29,30). The molecule has 0 aliphatic carbocycles. The van der Waals surface area contributed by atoms with E-state index >= 15 is 0 Å². The molecule has 0 fully saturated rings. The van der Waals surface area contributed by atoms with Crippen LogP contribution >= 0.6 is 11.6 Å². The number of carboxylic acids is 1. The number of hydrogen-bond donors (Lipinski definition) is 3. The summed E-state index contributed by atoms with van der Waals surface area (Å²) in [5.74, 6) is -0.750. The average molecular weight is 439 g/mol. The van der Waals surface area contributed by atoms with E-state index in [0.717, 1.165) is 16.7 Å². The topological polar surface area (TPSA) is 87.7 Å². The molecule has 0 bridgehead atoms. The van der Waals surface area contributed by atoms with Gasteiger partial charge in [0, 0.05) is 28.5 Å². The van der Waals surface area contributed by atoms with Gasteiger partial charge in [0.2, 0.25) is 0 Å². The van der Waals surface area contributed by atoms with Crippen molar-refractivity contribution in [1.82, 2.24) is 0 Å². The molecule has 0 aliphatic rings. The molecule has 0 saturated carbocycles. The molecule has 0 aromatic heterocycles. The number of benzene rings is 3. The fraction of sp³-hybridized carbons (Fsp3) is 0.167. The van der Waals surface area contributed by atoms with E-state index in [2.05, 4.69) is 10.6 Å². The van der Waals surface area contributed by atoms with Crippen molar-refractivity contribution in [2.45, 2.75) is 20.4 Å². The van der Waals surface area contributed by atoms with Gasteiger partial charge in [-0.05, 0) is 61.9 Å². The number of nitrogens with one attached hydrogen (secondary N) is 2. The van der Waals surface area contributed by atoms with Gasteiger partial charge in [-0.2, -0.15) is 0 Å². The molecule has 3 N–H and O–H groups in total. The minimum Gasteiger partial charge on any atom is -0.483 e. The highest BCUT2D eigenvalue weighted by Crippen LogP contribution is 2.25. The van der Waals surface area contributed by atoms with Crippen LogP contribution in [0.3, 0.4) is 0 Å². The van der Waals surface area contributed by atoms with Gasteiger partial charge in [-0.25, -0.2) is 4.79 Å². The summed E-state index contributed by atoms with van der Waals surface area (Å²) in [7, 11) is 0. The Balaban J connectivity index is 1.66. The second kappa shape index (κ2) is 10.00. The van der Waals surface area contributed by atoms with Crippen LogP contribution in [-0.2, 0) is 11.3 Å². The van der Waals surface area contributed by atoms with E-state index in [1.165, 1.54) is 0 Å². The van der Waals surface area contributed by atoms with E-state index in [1.807, 2.05) is 38.1 Å². The first-order valence-electron chi connectivity index (χ1n) is 9.67. The van der Waals surface area contributed by atoms with Gasteiger partial charge in [-0.15, -0.1) is 0 Å². The average Bonchev–Trinajstić information content (AvgIpc) is 2.74. The van der Waals surface area contributed by atoms with Crippen molar-refractivity contribution >= 4 is 34.9 Å². The lowest BCUT2D eigenvalue weighted by molar-refractivity contribution is -0.118. The molecule has 3 aromatic carbocycles. The molecule has 0 heterocycles. The van der Waals surface area contributed by atoms with Crippen LogP contribution in [0.2, 0.25) is 5.02 Å². The third-order valence-corrected chi connectivity index (χ3v) is 4.91.